The van der Waals surface area contributed by atoms with Gasteiger partial charge in [0.05, 0.1) is 5.56 Å². The van der Waals surface area contributed by atoms with Gasteiger partial charge in [-0.25, -0.2) is 0 Å². The standard InChI is InChI=1S/C32H28BrF3N2O2/c1-38-17-15-27(16-18-38)40-28-13-14-29(30(20-28)23-3-2-4-24(19-23)32(34,35)36)21-7-11-26(12-8-21)37-31(39)22-5-9-25(33)10-6-22/h2-14,19-20,27H,15-18H2,1H3,(H,37,39). The van der Waals surface area contributed by atoms with Crippen LogP contribution in [-0.4, -0.2) is 37.0 Å². The minimum atomic E-state index is -4.45. The lowest BCUT2D eigenvalue weighted by molar-refractivity contribution is -0.137. The van der Waals surface area contributed by atoms with Crippen molar-refractivity contribution in [2.24, 2.45) is 0 Å². The van der Waals surface area contributed by atoms with Gasteiger partial charge in [-0.2, -0.15) is 13.2 Å². The Hall–Kier alpha value is -3.62. The van der Waals surface area contributed by atoms with Crippen LogP contribution in [0.5, 0.6) is 5.75 Å². The molecule has 0 aromatic heterocycles. The molecule has 4 aromatic rings. The molecule has 1 aliphatic rings. The molecule has 1 aliphatic heterocycles. The fourth-order valence-electron chi connectivity index (χ4n) is 4.78. The molecule has 1 fully saturated rings. The van der Waals surface area contributed by atoms with E-state index < -0.39 is 11.7 Å². The van der Waals surface area contributed by atoms with E-state index in [1.807, 2.05) is 30.3 Å². The number of benzene rings is 4. The molecule has 1 heterocycles. The van der Waals surface area contributed by atoms with Crippen LogP contribution in [-0.2, 0) is 6.18 Å². The first-order valence-electron chi connectivity index (χ1n) is 13.0. The van der Waals surface area contributed by atoms with Crippen LogP contribution in [0.25, 0.3) is 22.3 Å². The first-order valence-corrected chi connectivity index (χ1v) is 13.8. The van der Waals surface area contributed by atoms with Crippen LogP contribution >= 0.6 is 15.9 Å². The van der Waals surface area contributed by atoms with Crippen LogP contribution in [0, 0.1) is 0 Å². The van der Waals surface area contributed by atoms with E-state index in [9.17, 15) is 18.0 Å². The van der Waals surface area contributed by atoms with Crippen molar-refractivity contribution in [3.63, 3.8) is 0 Å². The number of carbonyl (C=O) groups excluding carboxylic acids is 1. The van der Waals surface area contributed by atoms with Crippen LogP contribution in [0.2, 0.25) is 0 Å². The van der Waals surface area contributed by atoms with E-state index >= 15 is 0 Å². The van der Waals surface area contributed by atoms with Crippen molar-refractivity contribution in [3.8, 4) is 28.0 Å². The summed E-state index contributed by atoms with van der Waals surface area (Å²) in [5.74, 6) is 0.393. The first-order chi connectivity index (χ1) is 19.2. The van der Waals surface area contributed by atoms with Crippen LogP contribution in [0.4, 0.5) is 18.9 Å². The lowest BCUT2D eigenvalue weighted by Crippen LogP contribution is -2.35. The fraction of sp³-hybridized carbons (Fsp3) is 0.219. The van der Waals surface area contributed by atoms with E-state index in [4.69, 9.17) is 4.74 Å². The number of nitrogens with one attached hydrogen (secondary N) is 1. The lowest BCUT2D eigenvalue weighted by atomic mass is 9.93. The molecule has 0 bridgehead atoms. The molecule has 0 atom stereocenters. The maximum absolute atomic E-state index is 13.6. The van der Waals surface area contributed by atoms with Crippen LogP contribution in [0.3, 0.4) is 0 Å². The maximum Gasteiger partial charge on any atom is 0.416 e. The van der Waals surface area contributed by atoms with E-state index in [2.05, 4.69) is 33.2 Å². The molecule has 0 spiro atoms. The third kappa shape index (κ3) is 6.74. The molecule has 0 unspecified atom stereocenters. The molecule has 0 aliphatic carbocycles. The van der Waals surface area contributed by atoms with Crippen LogP contribution < -0.4 is 10.1 Å². The van der Waals surface area contributed by atoms with Crippen molar-refractivity contribution in [1.29, 1.82) is 0 Å². The molecular formula is C32H28BrF3N2O2. The van der Waals surface area contributed by atoms with Gasteiger partial charge in [0.2, 0.25) is 0 Å². The highest BCUT2D eigenvalue weighted by molar-refractivity contribution is 9.10. The third-order valence-electron chi connectivity index (χ3n) is 7.02. The maximum atomic E-state index is 13.6. The van der Waals surface area contributed by atoms with Crippen LogP contribution in [0.1, 0.15) is 28.8 Å². The number of likely N-dealkylation sites (tertiary alicyclic amines) is 1. The van der Waals surface area contributed by atoms with Crippen molar-refractivity contribution in [2.75, 3.05) is 25.5 Å². The van der Waals surface area contributed by atoms with Gasteiger partial charge in [0.1, 0.15) is 11.9 Å². The predicted octanol–water partition coefficient (Wildman–Crippen LogP) is 8.53. The normalized spacial score (nSPS) is 14.6. The van der Waals surface area contributed by atoms with Crippen molar-refractivity contribution in [2.45, 2.75) is 25.1 Å². The Kier molecular flexibility index (Phi) is 8.28. The summed E-state index contributed by atoms with van der Waals surface area (Å²) in [4.78, 5) is 14.9. The Balaban J connectivity index is 1.45. The SMILES string of the molecule is CN1CCC(Oc2ccc(-c3ccc(NC(=O)c4ccc(Br)cc4)cc3)c(-c3cccc(C(F)(F)F)c3)c2)CC1. The summed E-state index contributed by atoms with van der Waals surface area (Å²) in [6.45, 7) is 1.88. The second-order valence-corrected chi connectivity index (χ2v) is 10.9. The molecule has 0 radical (unpaired) electrons. The zero-order valence-electron chi connectivity index (χ0n) is 21.8. The number of anilines is 1. The van der Waals surface area contributed by atoms with Gasteiger partial charge >= 0.3 is 6.18 Å². The number of piperidine rings is 1. The second kappa shape index (κ2) is 11.9. The summed E-state index contributed by atoms with van der Waals surface area (Å²) < 4.78 is 47.8. The van der Waals surface area contributed by atoms with Crippen LogP contribution in [0.15, 0.2) is 95.5 Å². The topological polar surface area (TPSA) is 41.6 Å². The van der Waals surface area contributed by atoms with E-state index in [-0.39, 0.29) is 12.0 Å². The molecule has 40 heavy (non-hydrogen) atoms. The van der Waals surface area contributed by atoms with E-state index in [1.54, 1.807) is 42.5 Å². The Morgan fingerprint density at radius 1 is 0.875 bits per heavy atom. The number of hydrogen-bond donors (Lipinski definition) is 1. The molecule has 1 saturated heterocycles. The molecule has 5 rings (SSSR count). The second-order valence-electron chi connectivity index (χ2n) is 9.94. The average Bonchev–Trinajstić information content (AvgIpc) is 2.95. The van der Waals surface area contributed by atoms with Gasteiger partial charge < -0.3 is 15.0 Å². The first kappa shape index (κ1) is 27.9. The average molecular weight is 609 g/mol. The quantitative estimate of drug-likeness (QED) is 0.238. The predicted molar refractivity (Wildman–Crippen MR) is 156 cm³/mol. The number of rotatable bonds is 6. The molecule has 0 saturated carbocycles. The van der Waals surface area contributed by atoms with E-state index in [0.717, 1.165) is 47.6 Å². The molecule has 1 N–H and O–H groups in total. The number of alkyl halides is 3. The molecule has 1 amide bonds. The Labute approximate surface area is 239 Å². The third-order valence-corrected chi connectivity index (χ3v) is 7.55. The van der Waals surface area contributed by atoms with Crippen molar-refractivity contribution < 1.29 is 22.7 Å². The van der Waals surface area contributed by atoms with Gasteiger partial charge in [-0.05, 0) is 103 Å². The number of halogens is 4. The Morgan fingerprint density at radius 2 is 1.57 bits per heavy atom. The highest BCUT2D eigenvalue weighted by Crippen LogP contribution is 2.39. The van der Waals surface area contributed by atoms with Gasteiger partial charge in [0.15, 0.2) is 0 Å². The smallest absolute Gasteiger partial charge is 0.416 e. The van der Waals surface area contributed by atoms with Gasteiger partial charge in [-0.15, -0.1) is 0 Å². The van der Waals surface area contributed by atoms with E-state index in [0.29, 0.717) is 28.1 Å². The molecule has 4 aromatic carbocycles. The summed E-state index contributed by atoms with van der Waals surface area (Å²) in [7, 11) is 2.08. The fourth-order valence-corrected chi connectivity index (χ4v) is 5.05. The highest BCUT2D eigenvalue weighted by atomic mass is 79.9. The number of carbonyl (C=O) groups is 1. The largest absolute Gasteiger partial charge is 0.490 e. The zero-order chi connectivity index (χ0) is 28.3. The summed E-state index contributed by atoms with van der Waals surface area (Å²) in [5.41, 5.74) is 3.09. The molecule has 206 valence electrons. The minimum absolute atomic E-state index is 0.0602. The Bertz CT molecular complexity index is 1480. The van der Waals surface area contributed by atoms with Gasteiger partial charge in [-0.1, -0.05) is 46.3 Å². The summed E-state index contributed by atoms with van der Waals surface area (Å²) in [6, 6.07) is 25.2. The summed E-state index contributed by atoms with van der Waals surface area (Å²) >= 11 is 3.36. The van der Waals surface area contributed by atoms with E-state index in [1.165, 1.54) is 12.1 Å². The highest BCUT2D eigenvalue weighted by Gasteiger charge is 2.30. The van der Waals surface area contributed by atoms with Crippen molar-refractivity contribution in [3.05, 3.63) is 107 Å². The minimum Gasteiger partial charge on any atom is -0.490 e. The number of hydrogen-bond acceptors (Lipinski definition) is 3. The lowest BCUT2D eigenvalue weighted by Gasteiger charge is -2.29. The van der Waals surface area contributed by atoms with Gasteiger partial charge in [0.25, 0.3) is 5.91 Å². The van der Waals surface area contributed by atoms with Crippen molar-refractivity contribution >= 4 is 27.5 Å². The van der Waals surface area contributed by atoms with Crippen molar-refractivity contribution in [1.82, 2.24) is 4.90 Å². The molecule has 8 heteroatoms. The Morgan fingerprint density at radius 3 is 2.25 bits per heavy atom. The summed E-state index contributed by atoms with van der Waals surface area (Å²) in [6.07, 6.45) is -2.60. The zero-order valence-corrected chi connectivity index (χ0v) is 23.4. The molecular weight excluding hydrogens is 581 g/mol. The van der Waals surface area contributed by atoms with Gasteiger partial charge in [-0.3, -0.25) is 4.79 Å². The molecule has 4 nitrogen and oxygen atoms in total. The number of nitrogens with zero attached hydrogens (tertiary/aromatic N) is 1. The summed E-state index contributed by atoms with van der Waals surface area (Å²) in [5, 5.41) is 2.88. The van der Waals surface area contributed by atoms with Gasteiger partial charge in [0, 0.05) is 28.8 Å². The monoisotopic (exact) mass is 608 g/mol. The number of amides is 1. The number of ether oxygens (including phenoxy) is 1.